The van der Waals surface area contributed by atoms with Gasteiger partial charge in [0.25, 0.3) is 0 Å². The topological polar surface area (TPSA) is 38.3 Å². The van der Waals surface area contributed by atoms with Gasteiger partial charge in [-0.1, -0.05) is 18.2 Å². The minimum atomic E-state index is -4.69. The Labute approximate surface area is 106 Å². The van der Waals surface area contributed by atoms with E-state index in [2.05, 4.69) is 10.1 Å². The Morgan fingerprint density at radius 2 is 2.00 bits per heavy atom. The Kier molecular flexibility index (Phi) is 5.61. The van der Waals surface area contributed by atoms with Gasteiger partial charge in [0.2, 0.25) is 0 Å². The number of benzene rings is 1. The molecule has 1 rings (SSSR count). The molecule has 0 heterocycles. The maximum absolute atomic E-state index is 12.1. The zero-order valence-corrected chi connectivity index (χ0v) is 10.6. The maximum Gasteiger partial charge on any atom is 0.573 e. The van der Waals surface area contributed by atoms with E-state index in [9.17, 15) is 17.4 Å². The van der Waals surface area contributed by atoms with Crippen LogP contribution in [-0.4, -0.2) is 29.1 Å². The molecule has 1 aromatic rings. The van der Waals surface area contributed by atoms with Crippen LogP contribution in [0.25, 0.3) is 0 Å². The predicted octanol–water partition coefficient (Wildman–Crippen LogP) is 2.05. The van der Waals surface area contributed by atoms with Crippen molar-refractivity contribution in [1.82, 2.24) is 5.32 Å². The molecule has 102 valence electrons. The van der Waals surface area contributed by atoms with Gasteiger partial charge in [-0.05, 0) is 6.07 Å². The predicted molar refractivity (Wildman–Crippen MR) is 63.8 cm³/mol. The van der Waals surface area contributed by atoms with E-state index < -0.39 is 17.2 Å². The lowest BCUT2D eigenvalue weighted by Gasteiger charge is -2.13. The third-order valence-electron chi connectivity index (χ3n) is 2.08. The monoisotopic (exact) mass is 281 g/mol. The molecule has 1 aromatic carbocycles. The second-order valence-corrected chi connectivity index (χ2v) is 5.16. The molecule has 1 N–H and O–H groups in total. The van der Waals surface area contributed by atoms with Crippen LogP contribution in [0.2, 0.25) is 0 Å². The van der Waals surface area contributed by atoms with E-state index in [4.69, 9.17) is 0 Å². The standard InChI is InChI=1S/C11H14F3NO2S/c1-18(16)7-6-15-8-9-4-2-3-5-10(9)17-11(12,13)14/h2-5,15H,6-8H2,1H3. The summed E-state index contributed by atoms with van der Waals surface area (Å²) in [5.74, 6) is 0.248. The molecule has 7 heteroatoms. The molecule has 18 heavy (non-hydrogen) atoms. The van der Waals surface area contributed by atoms with E-state index in [1.54, 1.807) is 18.4 Å². The first-order valence-electron chi connectivity index (χ1n) is 5.23. The van der Waals surface area contributed by atoms with Crippen LogP contribution in [0.4, 0.5) is 13.2 Å². The second kappa shape index (κ2) is 6.75. The minimum Gasteiger partial charge on any atom is -0.405 e. The van der Waals surface area contributed by atoms with Crippen molar-refractivity contribution in [3.63, 3.8) is 0 Å². The van der Waals surface area contributed by atoms with E-state index in [0.717, 1.165) is 0 Å². The summed E-state index contributed by atoms with van der Waals surface area (Å²) in [4.78, 5) is 0. The number of ether oxygens (including phenoxy) is 1. The Hall–Kier alpha value is -1.08. The van der Waals surface area contributed by atoms with Crippen molar-refractivity contribution in [2.45, 2.75) is 12.9 Å². The number of halogens is 3. The minimum absolute atomic E-state index is 0.213. The number of nitrogens with one attached hydrogen (secondary N) is 1. The summed E-state index contributed by atoms with van der Waals surface area (Å²) in [6.07, 6.45) is -3.12. The van der Waals surface area contributed by atoms with Crippen LogP contribution in [0.3, 0.4) is 0 Å². The Morgan fingerprint density at radius 1 is 1.33 bits per heavy atom. The molecule has 0 aliphatic carbocycles. The zero-order valence-electron chi connectivity index (χ0n) is 9.79. The molecule has 0 saturated carbocycles. The van der Waals surface area contributed by atoms with Crippen molar-refractivity contribution in [3.05, 3.63) is 29.8 Å². The van der Waals surface area contributed by atoms with Gasteiger partial charge in [-0.25, -0.2) is 0 Å². The lowest BCUT2D eigenvalue weighted by Crippen LogP contribution is -2.22. The molecule has 0 aromatic heterocycles. The van der Waals surface area contributed by atoms with Gasteiger partial charge in [-0.3, -0.25) is 4.21 Å². The van der Waals surface area contributed by atoms with Gasteiger partial charge in [-0.15, -0.1) is 13.2 Å². The molecule has 0 aliphatic heterocycles. The quantitative estimate of drug-likeness (QED) is 0.811. The molecule has 0 radical (unpaired) electrons. The van der Waals surface area contributed by atoms with Crippen LogP contribution in [0.15, 0.2) is 24.3 Å². The van der Waals surface area contributed by atoms with Gasteiger partial charge in [-0.2, -0.15) is 0 Å². The van der Waals surface area contributed by atoms with E-state index in [-0.39, 0.29) is 12.3 Å². The molecule has 0 fully saturated rings. The smallest absolute Gasteiger partial charge is 0.405 e. The van der Waals surface area contributed by atoms with E-state index in [0.29, 0.717) is 17.9 Å². The highest BCUT2D eigenvalue weighted by Gasteiger charge is 2.31. The summed E-state index contributed by atoms with van der Waals surface area (Å²) in [5, 5.41) is 2.92. The van der Waals surface area contributed by atoms with Crippen LogP contribution >= 0.6 is 0 Å². The first-order chi connectivity index (χ1) is 8.38. The average Bonchev–Trinajstić information content (AvgIpc) is 2.24. The third kappa shape index (κ3) is 6.02. The van der Waals surface area contributed by atoms with Gasteiger partial charge in [0.15, 0.2) is 0 Å². The van der Waals surface area contributed by atoms with E-state index >= 15 is 0 Å². The summed E-state index contributed by atoms with van der Waals surface area (Å²) in [5.41, 5.74) is 0.414. The molecular formula is C11H14F3NO2S. The van der Waals surface area contributed by atoms with E-state index in [1.807, 2.05) is 0 Å². The molecule has 0 saturated heterocycles. The van der Waals surface area contributed by atoms with Gasteiger partial charge in [0.1, 0.15) is 5.75 Å². The molecule has 0 bridgehead atoms. The molecule has 0 amide bonds. The van der Waals surface area contributed by atoms with Crippen molar-refractivity contribution in [2.75, 3.05) is 18.6 Å². The number of hydrogen-bond donors (Lipinski definition) is 1. The van der Waals surface area contributed by atoms with Gasteiger partial charge >= 0.3 is 6.36 Å². The molecule has 0 aliphatic rings. The average molecular weight is 281 g/mol. The largest absolute Gasteiger partial charge is 0.573 e. The maximum atomic E-state index is 12.1. The van der Waals surface area contributed by atoms with Crippen molar-refractivity contribution in [2.24, 2.45) is 0 Å². The van der Waals surface area contributed by atoms with Crippen LogP contribution in [0.1, 0.15) is 5.56 Å². The number of rotatable bonds is 6. The lowest BCUT2D eigenvalue weighted by atomic mass is 10.2. The van der Waals surface area contributed by atoms with Crippen molar-refractivity contribution in [1.29, 1.82) is 0 Å². The van der Waals surface area contributed by atoms with Gasteiger partial charge in [0.05, 0.1) is 0 Å². The molecule has 1 atom stereocenters. The number of hydrogen-bond acceptors (Lipinski definition) is 3. The normalized spacial score (nSPS) is 13.3. The SMILES string of the molecule is CS(=O)CCNCc1ccccc1OC(F)(F)F. The highest BCUT2D eigenvalue weighted by Crippen LogP contribution is 2.25. The highest BCUT2D eigenvalue weighted by atomic mass is 32.2. The summed E-state index contributed by atoms with van der Waals surface area (Å²) in [6, 6.07) is 5.93. The number of alkyl halides is 3. The molecule has 3 nitrogen and oxygen atoms in total. The molecule has 1 unspecified atom stereocenters. The Bertz CT molecular complexity index is 410. The fourth-order valence-corrected chi connectivity index (χ4v) is 1.74. The van der Waals surface area contributed by atoms with Gasteiger partial charge < -0.3 is 10.1 Å². The number of para-hydroxylation sites is 1. The van der Waals surface area contributed by atoms with Gasteiger partial charge in [0, 0.05) is 41.5 Å². The second-order valence-electron chi connectivity index (χ2n) is 3.61. The fourth-order valence-electron chi connectivity index (χ4n) is 1.31. The van der Waals surface area contributed by atoms with Crippen molar-refractivity contribution < 1.29 is 22.1 Å². The van der Waals surface area contributed by atoms with Crippen molar-refractivity contribution >= 4 is 10.8 Å². The van der Waals surface area contributed by atoms with Crippen LogP contribution in [0, 0.1) is 0 Å². The van der Waals surface area contributed by atoms with Crippen LogP contribution in [-0.2, 0) is 17.3 Å². The Balaban J connectivity index is 2.56. The third-order valence-corrected chi connectivity index (χ3v) is 2.86. The van der Waals surface area contributed by atoms with E-state index in [1.165, 1.54) is 12.1 Å². The highest BCUT2D eigenvalue weighted by molar-refractivity contribution is 7.84. The molecule has 0 spiro atoms. The summed E-state index contributed by atoms with van der Waals surface area (Å²) in [6.45, 7) is 0.715. The lowest BCUT2D eigenvalue weighted by molar-refractivity contribution is -0.274. The summed E-state index contributed by atoms with van der Waals surface area (Å²) < 4.78 is 51.1. The van der Waals surface area contributed by atoms with Crippen LogP contribution in [0.5, 0.6) is 5.75 Å². The molecular weight excluding hydrogens is 267 g/mol. The first kappa shape index (κ1) is 15.0. The first-order valence-corrected chi connectivity index (χ1v) is 6.95. The zero-order chi connectivity index (χ0) is 13.6. The Morgan fingerprint density at radius 3 is 2.61 bits per heavy atom. The summed E-state index contributed by atoms with van der Waals surface area (Å²) >= 11 is 0. The fraction of sp³-hybridized carbons (Fsp3) is 0.455. The van der Waals surface area contributed by atoms with Crippen LogP contribution < -0.4 is 10.1 Å². The van der Waals surface area contributed by atoms with Crippen molar-refractivity contribution in [3.8, 4) is 5.75 Å². The summed E-state index contributed by atoms with van der Waals surface area (Å²) in [7, 11) is -0.918.